The highest BCUT2D eigenvalue weighted by molar-refractivity contribution is 8.01. The molecule has 1 saturated carbocycles. The number of thioether (sulfide) groups is 1. The lowest BCUT2D eigenvalue weighted by Gasteiger charge is -2.36. The Bertz CT molecular complexity index is 747. The monoisotopic (exact) mass is 396 g/mol. The summed E-state index contributed by atoms with van der Waals surface area (Å²) in [4.78, 5) is 37.4. The fourth-order valence-corrected chi connectivity index (χ4v) is 4.65. The van der Waals surface area contributed by atoms with E-state index < -0.39 is 22.7 Å². The molecule has 3 rings (SSSR count). The lowest BCUT2D eigenvalue weighted by atomic mass is 9.77. The zero-order chi connectivity index (χ0) is 18.9. The molecule has 26 heavy (non-hydrogen) atoms. The van der Waals surface area contributed by atoms with E-state index in [1.807, 2.05) is 0 Å². The Morgan fingerprint density at radius 3 is 2.73 bits per heavy atom. The molecule has 0 spiro atoms. The molecule has 0 aromatic heterocycles. The van der Waals surface area contributed by atoms with Gasteiger partial charge in [0.2, 0.25) is 11.8 Å². The Balaban J connectivity index is 1.67. The van der Waals surface area contributed by atoms with E-state index in [0.717, 1.165) is 17.7 Å². The zero-order valence-corrected chi connectivity index (χ0v) is 16.0. The molecular weight excluding hydrogens is 376 g/mol. The van der Waals surface area contributed by atoms with Crippen LogP contribution in [0.5, 0.6) is 0 Å². The summed E-state index contributed by atoms with van der Waals surface area (Å²) in [5, 5.41) is 15.0. The van der Waals surface area contributed by atoms with Crippen molar-refractivity contribution in [1.29, 1.82) is 0 Å². The van der Waals surface area contributed by atoms with E-state index in [2.05, 4.69) is 17.6 Å². The van der Waals surface area contributed by atoms with Crippen LogP contribution in [0.2, 0.25) is 5.02 Å². The Kier molecular flexibility index (Phi) is 5.48. The number of hydrogen-bond acceptors (Lipinski definition) is 4. The maximum absolute atomic E-state index is 12.5. The van der Waals surface area contributed by atoms with Gasteiger partial charge in [0.15, 0.2) is 0 Å². The average Bonchev–Trinajstić information content (AvgIpc) is 2.58. The molecule has 6 nitrogen and oxygen atoms in total. The van der Waals surface area contributed by atoms with Crippen molar-refractivity contribution in [3.05, 3.63) is 23.2 Å². The maximum atomic E-state index is 12.5. The second-order valence-electron chi connectivity index (χ2n) is 7.06. The molecule has 0 radical (unpaired) electrons. The van der Waals surface area contributed by atoms with Gasteiger partial charge in [0, 0.05) is 16.3 Å². The number of anilines is 1. The van der Waals surface area contributed by atoms with Gasteiger partial charge in [0.05, 0.1) is 10.9 Å². The summed E-state index contributed by atoms with van der Waals surface area (Å²) in [6, 6.07) is 5.19. The molecule has 1 aromatic carbocycles. The van der Waals surface area contributed by atoms with Crippen molar-refractivity contribution in [2.75, 3.05) is 5.32 Å². The van der Waals surface area contributed by atoms with E-state index in [1.54, 1.807) is 18.2 Å². The van der Waals surface area contributed by atoms with Gasteiger partial charge >= 0.3 is 5.97 Å². The summed E-state index contributed by atoms with van der Waals surface area (Å²) in [5.41, 5.74) is -0.586. The largest absolute Gasteiger partial charge is 0.480 e. The molecule has 1 unspecified atom stereocenters. The lowest BCUT2D eigenvalue weighted by Crippen LogP contribution is -2.56. The second-order valence-corrected chi connectivity index (χ2v) is 8.74. The smallest absolute Gasteiger partial charge is 0.329 e. The molecule has 1 aromatic rings. The second kappa shape index (κ2) is 7.48. The molecule has 1 heterocycles. The number of rotatable bonds is 4. The number of carboxylic acid groups (broad SMARTS) is 1. The minimum atomic E-state index is -1.22. The molecule has 1 fully saturated rings. The van der Waals surface area contributed by atoms with Gasteiger partial charge in [-0.05, 0) is 49.8 Å². The van der Waals surface area contributed by atoms with Gasteiger partial charge in [-0.2, -0.15) is 0 Å². The third-order valence-electron chi connectivity index (χ3n) is 5.05. The summed E-state index contributed by atoms with van der Waals surface area (Å²) in [6.07, 6.45) is 2.29. The summed E-state index contributed by atoms with van der Waals surface area (Å²) < 4.78 is 0. The SMILES string of the molecule is CC1CCC(NC(=O)CC2Sc3ccc(Cl)cc3NC2=O)(C(=O)O)CC1. The molecule has 140 valence electrons. The van der Waals surface area contributed by atoms with E-state index in [0.29, 0.717) is 29.5 Å². The topological polar surface area (TPSA) is 95.5 Å². The third-order valence-corrected chi connectivity index (χ3v) is 6.56. The predicted octanol–water partition coefficient (Wildman–Crippen LogP) is 3.29. The number of nitrogens with one attached hydrogen (secondary N) is 2. The zero-order valence-electron chi connectivity index (χ0n) is 14.4. The number of carboxylic acids is 1. The van der Waals surface area contributed by atoms with Crippen LogP contribution in [-0.4, -0.2) is 33.7 Å². The number of aliphatic carboxylic acids is 1. The van der Waals surface area contributed by atoms with Gasteiger partial charge in [0.1, 0.15) is 5.54 Å². The van der Waals surface area contributed by atoms with Crippen LogP contribution < -0.4 is 10.6 Å². The summed E-state index contributed by atoms with van der Waals surface area (Å²) in [5.74, 6) is -1.23. The third kappa shape index (κ3) is 3.99. The van der Waals surface area contributed by atoms with Crippen LogP contribution in [0.3, 0.4) is 0 Å². The number of amides is 2. The molecule has 0 bridgehead atoms. The molecule has 1 atom stereocenters. The number of fused-ring (bicyclic) bond motifs is 1. The Labute approximate surface area is 161 Å². The molecule has 1 aliphatic heterocycles. The van der Waals surface area contributed by atoms with Crippen LogP contribution in [0.4, 0.5) is 5.69 Å². The van der Waals surface area contributed by atoms with Gasteiger partial charge in [-0.1, -0.05) is 18.5 Å². The van der Waals surface area contributed by atoms with E-state index in [4.69, 9.17) is 11.6 Å². The van der Waals surface area contributed by atoms with Crippen LogP contribution in [0.25, 0.3) is 0 Å². The van der Waals surface area contributed by atoms with Gasteiger partial charge in [-0.3, -0.25) is 9.59 Å². The highest BCUT2D eigenvalue weighted by atomic mass is 35.5. The van der Waals surface area contributed by atoms with Crippen molar-refractivity contribution in [2.45, 2.75) is 54.7 Å². The van der Waals surface area contributed by atoms with Crippen LogP contribution in [0, 0.1) is 5.92 Å². The van der Waals surface area contributed by atoms with E-state index in [1.165, 1.54) is 11.8 Å². The van der Waals surface area contributed by atoms with Crippen LogP contribution in [0.1, 0.15) is 39.0 Å². The van der Waals surface area contributed by atoms with Gasteiger partial charge in [-0.15, -0.1) is 11.8 Å². The Morgan fingerprint density at radius 1 is 1.38 bits per heavy atom. The average molecular weight is 397 g/mol. The number of carbonyl (C=O) groups is 3. The molecule has 0 saturated heterocycles. The van der Waals surface area contributed by atoms with Crippen molar-refractivity contribution in [1.82, 2.24) is 5.32 Å². The summed E-state index contributed by atoms with van der Waals surface area (Å²) in [7, 11) is 0. The standard InChI is InChI=1S/C18H21ClN2O4S/c1-10-4-6-18(7-5-10,17(24)25)21-15(22)9-14-16(23)20-12-8-11(19)2-3-13(12)26-14/h2-3,8,10,14H,4-7,9H2,1H3,(H,20,23)(H,21,22)(H,24,25). The van der Waals surface area contributed by atoms with Crippen molar-refractivity contribution < 1.29 is 19.5 Å². The summed E-state index contributed by atoms with van der Waals surface area (Å²) in [6.45, 7) is 2.08. The van der Waals surface area contributed by atoms with Gasteiger partial charge < -0.3 is 15.7 Å². The highest BCUT2D eigenvalue weighted by Crippen LogP contribution is 2.38. The van der Waals surface area contributed by atoms with Gasteiger partial charge in [0.25, 0.3) is 0 Å². The first-order valence-electron chi connectivity index (χ1n) is 8.60. The van der Waals surface area contributed by atoms with Crippen molar-refractivity contribution in [3.8, 4) is 0 Å². The fourth-order valence-electron chi connectivity index (χ4n) is 3.39. The minimum Gasteiger partial charge on any atom is -0.480 e. The summed E-state index contributed by atoms with van der Waals surface area (Å²) >= 11 is 7.22. The minimum absolute atomic E-state index is 0.0663. The first-order valence-corrected chi connectivity index (χ1v) is 9.86. The molecule has 3 N–H and O–H groups in total. The highest BCUT2D eigenvalue weighted by Gasteiger charge is 2.43. The van der Waals surface area contributed by atoms with Crippen LogP contribution in [0.15, 0.2) is 23.1 Å². The maximum Gasteiger partial charge on any atom is 0.329 e. The van der Waals surface area contributed by atoms with Crippen molar-refractivity contribution in [2.24, 2.45) is 5.92 Å². The van der Waals surface area contributed by atoms with Gasteiger partial charge in [-0.25, -0.2) is 4.79 Å². The van der Waals surface area contributed by atoms with Crippen molar-refractivity contribution in [3.63, 3.8) is 0 Å². The quantitative estimate of drug-likeness (QED) is 0.725. The van der Waals surface area contributed by atoms with Crippen LogP contribution >= 0.6 is 23.4 Å². The van der Waals surface area contributed by atoms with E-state index in [9.17, 15) is 19.5 Å². The molecule has 2 aliphatic rings. The predicted molar refractivity (Wildman–Crippen MR) is 100 cm³/mol. The molecule has 8 heteroatoms. The van der Waals surface area contributed by atoms with Crippen LogP contribution in [-0.2, 0) is 14.4 Å². The molecule has 1 aliphatic carbocycles. The van der Waals surface area contributed by atoms with Crippen molar-refractivity contribution >= 4 is 46.8 Å². The number of benzene rings is 1. The van der Waals surface area contributed by atoms with E-state index >= 15 is 0 Å². The first-order chi connectivity index (χ1) is 12.3. The molecule has 2 amide bonds. The fraction of sp³-hybridized carbons (Fsp3) is 0.500. The number of hydrogen-bond donors (Lipinski definition) is 3. The Hall–Kier alpha value is -1.73. The normalized spacial score (nSPS) is 28.0. The lowest BCUT2D eigenvalue weighted by molar-refractivity contribution is -0.149. The molecular formula is C18H21ClN2O4S. The first kappa shape index (κ1) is 19.0. The number of halogens is 1. The number of carbonyl (C=O) groups excluding carboxylic acids is 2. The Morgan fingerprint density at radius 2 is 2.08 bits per heavy atom. The van der Waals surface area contributed by atoms with E-state index in [-0.39, 0.29) is 12.3 Å².